The first-order valence-electron chi connectivity index (χ1n) is 4.54. The first kappa shape index (κ1) is 9.01. The third-order valence-electron chi connectivity index (χ3n) is 2.43. The lowest BCUT2D eigenvalue weighted by atomic mass is 10.0. The van der Waals surface area contributed by atoms with Gasteiger partial charge in [0.15, 0.2) is 0 Å². The topological polar surface area (TPSA) is 29.5 Å². The minimum Gasteiger partial charge on any atom is -0.394 e. The third-order valence-corrected chi connectivity index (χ3v) is 2.43. The van der Waals surface area contributed by atoms with Gasteiger partial charge in [-0.2, -0.15) is 0 Å². The summed E-state index contributed by atoms with van der Waals surface area (Å²) in [6.07, 6.45) is 3.95. The predicted molar refractivity (Wildman–Crippen MR) is 44.4 cm³/mol. The fraction of sp³-hybridized carbons (Fsp3) is 1.00. The van der Waals surface area contributed by atoms with Crippen molar-refractivity contribution in [3.05, 3.63) is 0 Å². The van der Waals surface area contributed by atoms with Gasteiger partial charge in [0.25, 0.3) is 0 Å². The zero-order valence-electron chi connectivity index (χ0n) is 7.42. The molecule has 0 saturated carbocycles. The van der Waals surface area contributed by atoms with Crippen molar-refractivity contribution in [3.63, 3.8) is 0 Å². The lowest BCUT2D eigenvalue weighted by Gasteiger charge is -2.11. The van der Waals surface area contributed by atoms with Gasteiger partial charge in [-0.05, 0) is 18.8 Å². The molecule has 1 fully saturated rings. The predicted octanol–water partition coefficient (Wildman–Crippen LogP) is 1.57. The molecule has 1 heterocycles. The van der Waals surface area contributed by atoms with Crippen molar-refractivity contribution in [1.29, 1.82) is 0 Å². The number of ether oxygens (including phenoxy) is 1. The molecule has 2 heteroatoms. The van der Waals surface area contributed by atoms with E-state index in [0.29, 0.717) is 12.0 Å². The van der Waals surface area contributed by atoms with Crippen molar-refractivity contribution < 1.29 is 9.84 Å². The smallest absolute Gasteiger partial charge is 0.0835 e. The van der Waals surface area contributed by atoms with Crippen molar-refractivity contribution in [3.8, 4) is 0 Å². The zero-order valence-corrected chi connectivity index (χ0v) is 7.42. The van der Waals surface area contributed by atoms with Gasteiger partial charge in [0.1, 0.15) is 0 Å². The first-order valence-corrected chi connectivity index (χ1v) is 4.54. The van der Waals surface area contributed by atoms with E-state index in [4.69, 9.17) is 9.84 Å². The molecule has 1 saturated heterocycles. The van der Waals surface area contributed by atoms with E-state index in [0.717, 1.165) is 12.8 Å². The van der Waals surface area contributed by atoms with Crippen LogP contribution in [0, 0.1) is 5.92 Å². The molecular formula is C9H18O2. The van der Waals surface area contributed by atoms with Gasteiger partial charge in [-0.3, -0.25) is 0 Å². The molecule has 0 amide bonds. The Labute approximate surface area is 68.6 Å². The second-order valence-electron chi connectivity index (χ2n) is 3.48. The second kappa shape index (κ2) is 4.07. The van der Waals surface area contributed by atoms with Gasteiger partial charge in [-0.25, -0.2) is 0 Å². The Morgan fingerprint density at radius 1 is 1.55 bits per heavy atom. The fourth-order valence-corrected chi connectivity index (χ4v) is 1.73. The van der Waals surface area contributed by atoms with Gasteiger partial charge in [0.05, 0.1) is 18.8 Å². The van der Waals surface area contributed by atoms with Crippen LogP contribution in [0.4, 0.5) is 0 Å². The van der Waals surface area contributed by atoms with Crippen LogP contribution in [0.15, 0.2) is 0 Å². The third kappa shape index (κ3) is 2.17. The number of hydrogen-bond acceptors (Lipinski definition) is 2. The van der Waals surface area contributed by atoms with Crippen LogP contribution in [-0.4, -0.2) is 23.9 Å². The molecule has 0 spiro atoms. The van der Waals surface area contributed by atoms with E-state index in [1.807, 2.05) is 0 Å². The van der Waals surface area contributed by atoms with Crippen molar-refractivity contribution in [2.45, 2.75) is 45.3 Å². The summed E-state index contributed by atoms with van der Waals surface area (Å²) in [5, 5.41) is 8.90. The molecule has 11 heavy (non-hydrogen) atoms. The lowest BCUT2D eigenvalue weighted by Crippen LogP contribution is -2.18. The van der Waals surface area contributed by atoms with Gasteiger partial charge in [-0.1, -0.05) is 20.3 Å². The summed E-state index contributed by atoms with van der Waals surface area (Å²) < 4.78 is 5.61. The minimum absolute atomic E-state index is 0.103. The van der Waals surface area contributed by atoms with Crippen LogP contribution in [0.5, 0.6) is 0 Å². The van der Waals surface area contributed by atoms with Gasteiger partial charge in [0, 0.05) is 0 Å². The van der Waals surface area contributed by atoms with Gasteiger partial charge >= 0.3 is 0 Å². The Morgan fingerprint density at radius 2 is 2.27 bits per heavy atom. The lowest BCUT2D eigenvalue weighted by molar-refractivity contribution is -0.00129. The molecule has 3 atom stereocenters. The van der Waals surface area contributed by atoms with Crippen LogP contribution in [0.25, 0.3) is 0 Å². The molecule has 0 bridgehead atoms. The Hall–Kier alpha value is -0.0800. The SMILES string of the molecule is CCC[C@H]1CC(C)[C@@H](CO)O1. The second-order valence-corrected chi connectivity index (χ2v) is 3.48. The molecule has 0 aromatic carbocycles. The highest BCUT2D eigenvalue weighted by molar-refractivity contribution is 4.78. The fourth-order valence-electron chi connectivity index (χ4n) is 1.73. The number of rotatable bonds is 3. The average molecular weight is 158 g/mol. The monoisotopic (exact) mass is 158 g/mol. The summed E-state index contributed by atoms with van der Waals surface area (Å²) in [6, 6.07) is 0. The molecule has 1 aliphatic rings. The Kier molecular flexibility index (Phi) is 3.34. The molecule has 2 nitrogen and oxygen atoms in total. The van der Waals surface area contributed by atoms with Crippen molar-refractivity contribution in [1.82, 2.24) is 0 Å². The van der Waals surface area contributed by atoms with Crippen molar-refractivity contribution in [2.24, 2.45) is 5.92 Å². The van der Waals surface area contributed by atoms with Gasteiger partial charge < -0.3 is 9.84 Å². The van der Waals surface area contributed by atoms with E-state index in [9.17, 15) is 0 Å². The summed E-state index contributed by atoms with van der Waals surface area (Å²) in [7, 11) is 0. The van der Waals surface area contributed by atoms with E-state index in [2.05, 4.69) is 13.8 Å². The normalized spacial score (nSPS) is 37.9. The largest absolute Gasteiger partial charge is 0.394 e. The molecule has 1 N–H and O–H groups in total. The molecule has 1 unspecified atom stereocenters. The zero-order chi connectivity index (χ0) is 8.27. The van der Waals surface area contributed by atoms with E-state index in [-0.39, 0.29) is 12.7 Å². The number of aliphatic hydroxyl groups is 1. The summed E-state index contributed by atoms with van der Waals surface area (Å²) >= 11 is 0. The summed E-state index contributed by atoms with van der Waals surface area (Å²) in [5.74, 6) is 0.538. The van der Waals surface area contributed by atoms with Crippen LogP contribution < -0.4 is 0 Å². The standard InChI is InChI=1S/C9H18O2/c1-3-4-8-5-7(2)9(6-10)11-8/h7-10H,3-6H2,1-2H3/t7?,8-,9+/m0/s1. The van der Waals surface area contributed by atoms with Crippen LogP contribution >= 0.6 is 0 Å². The van der Waals surface area contributed by atoms with E-state index >= 15 is 0 Å². The Balaban J connectivity index is 2.30. The van der Waals surface area contributed by atoms with Crippen molar-refractivity contribution >= 4 is 0 Å². The van der Waals surface area contributed by atoms with Gasteiger partial charge in [-0.15, -0.1) is 0 Å². The number of hydrogen-bond donors (Lipinski definition) is 1. The molecule has 0 aliphatic carbocycles. The average Bonchev–Trinajstić information content (AvgIpc) is 2.32. The van der Waals surface area contributed by atoms with Crippen LogP contribution in [0.1, 0.15) is 33.1 Å². The molecule has 1 rings (SSSR count). The molecule has 0 aromatic heterocycles. The highest BCUT2D eigenvalue weighted by Gasteiger charge is 2.30. The molecular weight excluding hydrogens is 140 g/mol. The van der Waals surface area contributed by atoms with Crippen LogP contribution in [0.2, 0.25) is 0 Å². The summed E-state index contributed by atoms with van der Waals surface area (Å²) in [5.41, 5.74) is 0. The van der Waals surface area contributed by atoms with Crippen LogP contribution in [-0.2, 0) is 4.74 Å². The maximum absolute atomic E-state index is 8.90. The summed E-state index contributed by atoms with van der Waals surface area (Å²) in [6.45, 7) is 4.50. The molecule has 1 aliphatic heterocycles. The van der Waals surface area contributed by atoms with Crippen molar-refractivity contribution in [2.75, 3.05) is 6.61 Å². The highest BCUT2D eigenvalue weighted by atomic mass is 16.5. The number of aliphatic hydroxyl groups excluding tert-OH is 1. The highest BCUT2D eigenvalue weighted by Crippen LogP contribution is 2.27. The molecule has 0 radical (unpaired) electrons. The maximum atomic E-state index is 8.90. The Bertz CT molecular complexity index is 114. The summed E-state index contributed by atoms with van der Waals surface area (Å²) in [4.78, 5) is 0. The first-order chi connectivity index (χ1) is 5.27. The quantitative estimate of drug-likeness (QED) is 0.675. The minimum atomic E-state index is 0.103. The maximum Gasteiger partial charge on any atom is 0.0835 e. The molecule has 0 aromatic rings. The van der Waals surface area contributed by atoms with Crippen LogP contribution in [0.3, 0.4) is 0 Å². The van der Waals surface area contributed by atoms with E-state index < -0.39 is 0 Å². The molecule has 66 valence electrons. The van der Waals surface area contributed by atoms with E-state index in [1.54, 1.807) is 0 Å². The Morgan fingerprint density at radius 3 is 2.73 bits per heavy atom. The van der Waals surface area contributed by atoms with Gasteiger partial charge in [0.2, 0.25) is 0 Å². The van der Waals surface area contributed by atoms with E-state index in [1.165, 1.54) is 6.42 Å².